The van der Waals surface area contributed by atoms with Crippen LogP contribution in [0.3, 0.4) is 0 Å². The molecule has 7 heteroatoms. The Morgan fingerprint density at radius 2 is 1.58 bits per heavy atom. The molecule has 2 aromatic rings. The number of carboxylic acid groups (broad SMARTS) is 1. The first-order chi connectivity index (χ1) is 12.3. The van der Waals surface area contributed by atoms with Crippen LogP contribution in [0.4, 0.5) is 16.2 Å². The Morgan fingerprint density at radius 1 is 1.08 bits per heavy atom. The molecule has 2 amide bonds. The second kappa shape index (κ2) is 8.76. The van der Waals surface area contributed by atoms with E-state index in [1.807, 2.05) is 24.3 Å². The van der Waals surface area contributed by atoms with Crippen molar-refractivity contribution in [1.29, 1.82) is 0 Å². The second-order valence-corrected chi connectivity index (χ2v) is 11.0. The van der Waals surface area contributed by atoms with Crippen molar-refractivity contribution in [2.75, 3.05) is 11.5 Å². The average molecular weight is 418 g/mol. The molecular weight excluding hydrogens is 395 g/mol. The Hall–Kier alpha value is -2.46. The van der Waals surface area contributed by atoms with Crippen LogP contribution in [0.25, 0.3) is 0 Å². The SMILES string of the molecule is CC(COc1ccc(N(C(N)=O)c2ccc([As](C)C)cc2)cc1)C(=O)O. The Morgan fingerprint density at radius 3 is 2.00 bits per heavy atom. The van der Waals surface area contributed by atoms with Gasteiger partial charge in [0.25, 0.3) is 0 Å². The number of amides is 2. The maximum absolute atomic E-state index is 12.0. The average Bonchev–Trinajstić information content (AvgIpc) is 2.61. The van der Waals surface area contributed by atoms with Gasteiger partial charge in [0, 0.05) is 0 Å². The molecule has 3 N–H and O–H groups in total. The molecule has 1 unspecified atom stereocenters. The molecule has 0 fully saturated rings. The number of carbonyl (C=O) groups excluding carboxylic acids is 1. The number of aliphatic carboxylic acids is 1. The summed E-state index contributed by atoms with van der Waals surface area (Å²) < 4.78 is 6.78. The molecule has 1 atom stereocenters. The fourth-order valence-corrected chi connectivity index (χ4v) is 3.85. The van der Waals surface area contributed by atoms with Gasteiger partial charge < -0.3 is 5.11 Å². The molecule has 2 aromatic carbocycles. The first kappa shape index (κ1) is 19.9. The van der Waals surface area contributed by atoms with Gasteiger partial charge in [-0.2, -0.15) is 0 Å². The van der Waals surface area contributed by atoms with E-state index in [0.717, 1.165) is 0 Å². The van der Waals surface area contributed by atoms with Crippen LogP contribution >= 0.6 is 0 Å². The summed E-state index contributed by atoms with van der Waals surface area (Å²) in [5.74, 6) is -0.970. The Labute approximate surface area is 157 Å². The van der Waals surface area contributed by atoms with Crippen molar-refractivity contribution in [3.05, 3.63) is 48.5 Å². The number of urea groups is 1. The van der Waals surface area contributed by atoms with E-state index < -0.39 is 32.6 Å². The summed E-state index contributed by atoms with van der Waals surface area (Å²) in [6.45, 7) is 1.66. The molecule has 0 spiro atoms. The molecular formula is C19H23AsN2O4. The monoisotopic (exact) mass is 418 g/mol. The molecule has 6 nitrogen and oxygen atoms in total. The first-order valence-corrected chi connectivity index (χ1v) is 12.8. The molecule has 0 saturated carbocycles. The maximum atomic E-state index is 12.0. The first-order valence-electron chi connectivity index (χ1n) is 8.12. The van der Waals surface area contributed by atoms with Gasteiger partial charge >= 0.3 is 141 Å². The summed E-state index contributed by atoms with van der Waals surface area (Å²) in [4.78, 5) is 24.2. The Bertz CT molecular complexity index is 760. The number of ether oxygens (including phenoxy) is 1. The van der Waals surface area contributed by atoms with Crippen molar-refractivity contribution in [3.8, 4) is 5.75 Å². The zero-order valence-electron chi connectivity index (χ0n) is 15.0. The van der Waals surface area contributed by atoms with Crippen molar-refractivity contribution in [2.24, 2.45) is 11.7 Å². The largest absolute Gasteiger partial charge is 0.481 e. The number of carboxylic acids is 1. The van der Waals surface area contributed by atoms with Crippen LogP contribution in [-0.4, -0.2) is 38.4 Å². The molecule has 2 rings (SSSR count). The molecule has 0 heterocycles. The van der Waals surface area contributed by atoms with Gasteiger partial charge in [-0.25, -0.2) is 0 Å². The standard InChI is InChI=1S/C19H23AsN2O4/c1-13(18(23)24)12-26-17-10-8-16(9-11-17)22(19(21)25)15-6-4-14(5-7-15)20(2)3/h4-11,13H,12H2,1-3H3,(H2,21,25)(H,23,24). The van der Waals surface area contributed by atoms with Crippen LogP contribution < -0.4 is 19.7 Å². The number of carbonyl (C=O) groups is 2. The van der Waals surface area contributed by atoms with Crippen LogP contribution in [0, 0.1) is 5.92 Å². The molecule has 0 bridgehead atoms. The summed E-state index contributed by atoms with van der Waals surface area (Å²) in [6, 6.07) is 14.1. The van der Waals surface area contributed by atoms with Crippen molar-refractivity contribution in [1.82, 2.24) is 0 Å². The van der Waals surface area contributed by atoms with Gasteiger partial charge in [-0.1, -0.05) is 0 Å². The predicted molar refractivity (Wildman–Crippen MR) is 104 cm³/mol. The predicted octanol–water partition coefficient (Wildman–Crippen LogP) is 2.96. The van der Waals surface area contributed by atoms with E-state index >= 15 is 0 Å². The number of benzene rings is 2. The molecule has 0 aliphatic rings. The summed E-state index contributed by atoms with van der Waals surface area (Å²) in [5, 5.41) is 8.88. The number of nitrogens with zero attached hydrogens (tertiary/aromatic N) is 1. The molecule has 138 valence electrons. The zero-order valence-corrected chi connectivity index (χ0v) is 16.9. The third-order valence-corrected chi connectivity index (χ3v) is 6.65. The summed E-state index contributed by atoms with van der Waals surface area (Å²) in [5.41, 5.74) is 11.4. The quantitative estimate of drug-likeness (QED) is 0.677. The third kappa shape index (κ3) is 5.02. The van der Waals surface area contributed by atoms with Crippen LogP contribution in [0.2, 0.25) is 11.4 Å². The van der Waals surface area contributed by atoms with E-state index in [-0.39, 0.29) is 6.61 Å². The summed E-state index contributed by atoms with van der Waals surface area (Å²) in [6.07, 6.45) is 0. The van der Waals surface area contributed by atoms with Crippen LogP contribution in [0.15, 0.2) is 48.5 Å². The Balaban J connectivity index is 2.17. The van der Waals surface area contributed by atoms with E-state index in [2.05, 4.69) is 11.4 Å². The van der Waals surface area contributed by atoms with Crippen LogP contribution in [-0.2, 0) is 4.79 Å². The Kier molecular flexibility index (Phi) is 6.69. The minimum atomic E-state index is -0.968. The van der Waals surface area contributed by atoms with E-state index in [4.69, 9.17) is 15.6 Å². The fraction of sp³-hybridized carbons (Fsp3) is 0.263. The van der Waals surface area contributed by atoms with Gasteiger partial charge in [0.05, 0.1) is 0 Å². The number of hydrogen-bond donors (Lipinski definition) is 2. The molecule has 26 heavy (non-hydrogen) atoms. The van der Waals surface area contributed by atoms with Gasteiger partial charge in [-0.3, -0.25) is 4.79 Å². The third-order valence-electron chi connectivity index (χ3n) is 3.86. The molecule has 0 aliphatic carbocycles. The number of nitrogens with two attached hydrogens (primary N) is 1. The minimum Gasteiger partial charge on any atom is -0.481 e. The molecule has 0 aromatic heterocycles. The minimum absolute atomic E-state index is 0.0783. The van der Waals surface area contributed by atoms with Crippen molar-refractivity contribution < 1.29 is 19.4 Å². The van der Waals surface area contributed by atoms with Crippen molar-refractivity contribution >= 4 is 42.4 Å². The van der Waals surface area contributed by atoms with Gasteiger partial charge in [-0.15, -0.1) is 0 Å². The molecule has 0 saturated heterocycles. The number of primary amides is 1. The van der Waals surface area contributed by atoms with Crippen LogP contribution in [0.1, 0.15) is 6.92 Å². The zero-order chi connectivity index (χ0) is 19.3. The van der Waals surface area contributed by atoms with Gasteiger partial charge in [0.15, 0.2) is 0 Å². The van der Waals surface area contributed by atoms with Crippen LogP contribution in [0.5, 0.6) is 5.75 Å². The smallest absolute Gasteiger partial charge is 0.309 e. The van der Waals surface area contributed by atoms with Crippen molar-refractivity contribution in [2.45, 2.75) is 18.3 Å². The van der Waals surface area contributed by atoms with E-state index in [0.29, 0.717) is 17.1 Å². The van der Waals surface area contributed by atoms with Gasteiger partial charge in [-0.05, 0) is 6.92 Å². The fourth-order valence-electron chi connectivity index (χ4n) is 2.29. The van der Waals surface area contributed by atoms with Gasteiger partial charge in [0.2, 0.25) is 0 Å². The topological polar surface area (TPSA) is 92.9 Å². The van der Waals surface area contributed by atoms with Gasteiger partial charge in [0.1, 0.15) is 0 Å². The maximum Gasteiger partial charge on any atom is 0.309 e. The van der Waals surface area contributed by atoms with E-state index in [1.54, 1.807) is 31.2 Å². The number of anilines is 2. The molecule has 0 aliphatic heterocycles. The summed E-state index contributed by atoms with van der Waals surface area (Å²) in [7, 11) is 0. The summed E-state index contributed by atoms with van der Waals surface area (Å²) >= 11 is -0.968. The van der Waals surface area contributed by atoms with E-state index in [1.165, 1.54) is 9.25 Å². The van der Waals surface area contributed by atoms with Crippen molar-refractivity contribution in [3.63, 3.8) is 0 Å². The second-order valence-electron chi connectivity index (χ2n) is 6.13. The molecule has 0 radical (unpaired) electrons. The normalized spacial score (nSPS) is 11.8. The number of hydrogen-bond acceptors (Lipinski definition) is 3. The number of rotatable bonds is 7. The van der Waals surface area contributed by atoms with E-state index in [9.17, 15) is 9.59 Å².